The number of hydrogen-bond acceptors (Lipinski definition) is 5. The van der Waals surface area contributed by atoms with E-state index in [1.165, 1.54) is 4.90 Å². The molecule has 20 heavy (non-hydrogen) atoms. The van der Waals surface area contributed by atoms with Crippen molar-refractivity contribution in [2.24, 2.45) is 0 Å². The summed E-state index contributed by atoms with van der Waals surface area (Å²) in [6, 6.07) is -0.151. The van der Waals surface area contributed by atoms with E-state index < -0.39 is 0 Å². The fraction of sp³-hybridized carbons (Fsp3) is 0.857. The summed E-state index contributed by atoms with van der Waals surface area (Å²) >= 11 is 0. The van der Waals surface area contributed by atoms with Gasteiger partial charge < -0.3 is 10.1 Å². The van der Waals surface area contributed by atoms with Crippen molar-refractivity contribution in [3.8, 4) is 0 Å². The Labute approximate surface area is 120 Å². The SMILES string of the molecule is CCCN1C(=O)CC(NC(C)CN2CCOCC2)C1=O. The van der Waals surface area contributed by atoms with Gasteiger partial charge in [0.25, 0.3) is 0 Å². The predicted molar refractivity (Wildman–Crippen MR) is 75.3 cm³/mol. The monoisotopic (exact) mass is 283 g/mol. The van der Waals surface area contributed by atoms with E-state index in [4.69, 9.17) is 4.74 Å². The number of hydrogen-bond donors (Lipinski definition) is 1. The highest BCUT2D eigenvalue weighted by atomic mass is 16.5. The minimum Gasteiger partial charge on any atom is -0.379 e. The molecular formula is C14H25N3O3. The number of ether oxygens (including phenoxy) is 1. The maximum absolute atomic E-state index is 12.1. The Morgan fingerprint density at radius 3 is 2.70 bits per heavy atom. The van der Waals surface area contributed by atoms with E-state index >= 15 is 0 Å². The van der Waals surface area contributed by atoms with Crippen LogP contribution in [0.5, 0.6) is 0 Å². The molecule has 114 valence electrons. The van der Waals surface area contributed by atoms with Crippen molar-refractivity contribution in [1.82, 2.24) is 15.1 Å². The summed E-state index contributed by atoms with van der Waals surface area (Å²) in [5.41, 5.74) is 0. The largest absolute Gasteiger partial charge is 0.379 e. The average molecular weight is 283 g/mol. The van der Waals surface area contributed by atoms with Crippen molar-refractivity contribution in [2.45, 2.75) is 38.8 Å². The van der Waals surface area contributed by atoms with Crippen LogP contribution in [0.4, 0.5) is 0 Å². The quantitative estimate of drug-likeness (QED) is 0.686. The Bertz CT molecular complexity index is 356. The zero-order valence-electron chi connectivity index (χ0n) is 12.4. The molecule has 2 rings (SSSR count). The first kappa shape index (κ1) is 15.4. The fourth-order valence-corrected chi connectivity index (χ4v) is 2.84. The minimum atomic E-state index is -0.343. The van der Waals surface area contributed by atoms with E-state index in [9.17, 15) is 9.59 Å². The van der Waals surface area contributed by atoms with Crippen LogP contribution in [0, 0.1) is 0 Å². The molecule has 6 heteroatoms. The van der Waals surface area contributed by atoms with Crippen LogP contribution >= 0.6 is 0 Å². The molecule has 0 radical (unpaired) electrons. The number of nitrogens with zero attached hydrogens (tertiary/aromatic N) is 2. The summed E-state index contributed by atoms with van der Waals surface area (Å²) in [6.45, 7) is 8.88. The van der Waals surface area contributed by atoms with Crippen LogP contribution in [-0.2, 0) is 14.3 Å². The number of carbonyl (C=O) groups is 2. The Kier molecular flexibility index (Phi) is 5.51. The average Bonchev–Trinajstić information content (AvgIpc) is 2.68. The molecule has 2 unspecified atom stereocenters. The second kappa shape index (κ2) is 7.15. The molecule has 0 aliphatic carbocycles. The third-order valence-corrected chi connectivity index (χ3v) is 3.81. The molecule has 0 spiro atoms. The Morgan fingerprint density at radius 1 is 1.35 bits per heavy atom. The van der Waals surface area contributed by atoms with Crippen LogP contribution < -0.4 is 5.32 Å². The first-order valence-electron chi connectivity index (χ1n) is 7.52. The van der Waals surface area contributed by atoms with Gasteiger partial charge in [0.05, 0.1) is 25.7 Å². The standard InChI is InChI=1S/C14H25N3O3/c1-3-4-17-13(18)9-12(14(17)19)15-11(2)10-16-5-7-20-8-6-16/h11-12,15H,3-10H2,1-2H3. The number of carbonyl (C=O) groups excluding carboxylic acids is 2. The van der Waals surface area contributed by atoms with Gasteiger partial charge in [0.1, 0.15) is 0 Å². The first-order chi connectivity index (χ1) is 9.61. The molecule has 2 aliphatic rings. The molecule has 2 atom stereocenters. The lowest BCUT2D eigenvalue weighted by atomic mass is 10.2. The Morgan fingerprint density at radius 2 is 2.05 bits per heavy atom. The second-order valence-corrected chi connectivity index (χ2v) is 5.62. The van der Waals surface area contributed by atoms with Gasteiger partial charge in [-0.3, -0.25) is 19.4 Å². The third-order valence-electron chi connectivity index (χ3n) is 3.81. The number of nitrogens with one attached hydrogen (secondary N) is 1. The first-order valence-corrected chi connectivity index (χ1v) is 7.52. The molecule has 0 saturated carbocycles. The van der Waals surface area contributed by atoms with Crippen molar-refractivity contribution in [3.63, 3.8) is 0 Å². The van der Waals surface area contributed by atoms with Gasteiger partial charge in [-0.15, -0.1) is 0 Å². The van der Waals surface area contributed by atoms with E-state index in [-0.39, 0.29) is 23.9 Å². The van der Waals surface area contributed by atoms with Crippen LogP contribution in [0.15, 0.2) is 0 Å². The molecule has 2 saturated heterocycles. The van der Waals surface area contributed by atoms with E-state index in [0.717, 1.165) is 39.3 Å². The molecule has 2 heterocycles. The van der Waals surface area contributed by atoms with Crippen LogP contribution in [0.1, 0.15) is 26.7 Å². The molecule has 0 aromatic carbocycles. The Hall–Kier alpha value is -0.980. The summed E-state index contributed by atoms with van der Waals surface area (Å²) in [6.07, 6.45) is 1.11. The second-order valence-electron chi connectivity index (χ2n) is 5.62. The summed E-state index contributed by atoms with van der Waals surface area (Å²) in [5, 5.41) is 3.30. The van der Waals surface area contributed by atoms with E-state index in [1.54, 1.807) is 0 Å². The number of rotatable bonds is 6. The third kappa shape index (κ3) is 3.77. The lowest BCUT2D eigenvalue weighted by Gasteiger charge is -2.30. The van der Waals surface area contributed by atoms with E-state index in [0.29, 0.717) is 13.0 Å². The van der Waals surface area contributed by atoms with Crippen LogP contribution in [0.3, 0.4) is 0 Å². The highest BCUT2D eigenvalue weighted by Crippen LogP contribution is 2.14. The van der Waals surface area contributed by atoms with Gasteiger partial charge >= 0.3 is 0 Å². The lowest BCUT2D eigenvalue weighted by Crippen LogP contribution is -2.49. The van der Waals surface area contributed by atoms with Gasteiger partial charge in [-0.25, -0.2) is 0 Å². The molecule has 0 aromatic rings. The number of imide groups is 1. The molecule has 0 bridgehead atoms. The van der Waals surface area contributed by atoms with Crippen molar-refractivity contribution < 1.29 is 14.3 Å². The number of amides is 2. The van der Waals surface area contributed by atoms with Crippen LogP contribution in [-0.4, -0.2) is 73.1 Å². The van der Waals surface area contributed by atoms with E-state index in [2.05, 4.69) is 17.1 Å². The summed E-state index contributed by atoms with van der Waals surface area (Å²) in [5.74, 6) is -0.112. The lowest BCUT2D eigenvalue weighted by molar-refractivity contribution is -0.138. The topological polar surface area (TPSA) is 61.9 Å². The zero-order chi connectivity index (χ0) is 14.5. The minimum absolute atomic E-state index is 0.0482. The van der Waals surface area contributed by atoms with Gasteiger partial charge in [-0.05, 0) is 13.3 Å². The maximum Gasteiger partial charge on any atom is 0.246 e. The smallest absolute Gasteiger partial charge is 0.246 e. The molecule has 2 amide bonds. The molecule has 6 nitrogen and oxygen atoms in total. The van der Waals surface area contributed by atoms with Crippen molar-refractivity contribution >= 4 is 11.8 Å². The van der Waals surface area contributed by atoms with Crippen molar-refractivity contribution in [1.29, 1.82) is 0 Å². The normalized spacial score (nSPS) is 26.3. The van der Waals surface area contributed by atoms with Crippen LogP contribution in [0.2, 0.25) is 0 Å². The van der Waals surface area contributed by atoms with Crippen LogP contribution in [0.25, 0.3) is 0 Å². The van der Waals surface area contributed by atoms with Gasteiger partial charge in [0.15, 0.2) is 0 Å². The van der Waals surface area contributed by atoms with Crippen molar-refractivity contribution in [2.75, 3.05) is 39.4 Å². The maximum atomic E-state index is 12.1. The van der Waals surface area contributed by atoms with E-state index in [1.807, 2.05) is 6.92 Å². The zero-order valence-corrected chi connectivity index (χ0v) is 12.4. The molecule has 1 N–H and O–H groups in total. The number of morpholine rings is 1. The van der Waals surface area contributed by atoms with Gasteiger partial charge in [-0.1, -0.05) is 6.92 Å². The fourth-order valence-electron chi connectivity index (χ4n) is 2.84. The molecule has 2 fully saturated rings. The Balaban J connectivity index is 1.80. The van der Waals surface area contributed by atoms with Gasteiger partial charge in [0, 0.05) is 32.2 Å². The van der Waals surface area contributed by atoms with Crippen molar-refractivity contribution in [3.05, 3.63) is 0 Å². The predicted octanol–water partition coefficient (Wildman–Crippen LogP) is -0.166. The molecular weight excluding hydrogens is 258 g/mol. The highest BCUT2D eigenvalue weighted by molar-refractivity contribution is 6.05. The molecule has 2 aliphatic heterocycles. The van der Waals surface area contributed by atoms with Gasteiger partial charge in [0.2, 0.25) is 11.8 Å². The summed E-state index contributed by atoms with van der Waals surface area (Å²) < 4.78 is 5.32. The highest BCUT2D eigenvalue weighted by Gasteiger charge is 2.38. The molecule has 0 aromatic heterocycles. The summed E-state index contributed by atoms with van der Waals surface area (Å²) in [4.78, 5) is 27.7. The summed E-state index contributed by atoms with van der Waals surface area (Å²) in [7, 11) is 0. The number of likely N-dealkylation sites (tertiary alicyclic amines) is 1. The van der Waals surface area contributed by atoms with Gasteiger partial charge in [-0.2, -0.15) is 0 Å².